The molecule has 20 heavy (non-hydrogen) atoms. The summed E-state index contributed by atoms with van der Waals surface area (Å²) in [5.74, 6) is 0.733. The first-order valence-corrected chi connectivity index (χ1v) is 6.64. The van der Waals surface area contributed by atoms with Gasteiger partial charge < -0.3 is 4.74 Å². The smallest absolute Gasteiger partial charge is 0.285 e. The van der Waals surface area contributed by atoms with E-state index in [4.69, 9.17) is 16.3 Å². The largest absolute Gasteiger partial charge is 0.496 e. The predicted octanol–water partition coefficient (Wildman–Crippen LogP) is 2.64. The summed E-state index contributed by atoms with van der Waals surface area (Å²) in [4.78, 5) is 11.2. The second-order valence-corrected chi connectivity index (χ2v) is 4.92. The zero-order valence-corrected chi connectivity index (χ0v) is 12.7. The van der Waals surface area contributed by atoms with Gasteiger partial charge in [-0.25, -0.2) is 5.10 Å². The molecule has 0 aliphatic rings. The lowest BCUT2D eigenvalue weighted by Gasteiger charge is -2.03. The van der Waals surface area contributed by atoms with Gasteiger partial charge in [-0.15, -0.1) is 0 Å². The molecule has 0 bridgehead atoms. The van der Waals surface area contributed by atoms with Gasteiger partial charge in [0.1, 0.15) is 16.5 Å². The Morgan fingerprint density at radius 3 is 3.05 bits per heavy atom. The summed E-state index contributed by atoms with van der Waals surface area (Å²) in [6.07, 6.45) is 2.97. The van der Waals surface area contributed by atoms with E-state index in [1.807, 2.05) is 18.2 Å². The first-order valence-electron chi connectivity index (χ1n) is 5.47. The molecule has 1 aromatic carbocycles. The molecular weight excluding hydrogens is 348 g/mol. The topological polar surface area (TPSA) is 79.4 Å². The number of halogens is 2. The van der Waals surface area contributed by atoms with Gasteiger partial charge in [0.15, 0.2) is 0 Å². The molecular formula is C12H10BrClN4O2. The molecule has 2 N–H and O–H groups in total. The van der Waals surface area contributed by atoms with Crippen LogP contribution < -0.4 is 15.7 Å². The summed E-state index contributed by atoms with van der Waals surface area (Å²) in [5.41, 5.74) is 3.36. The quantitative estimate of drug-likeness (QED) is 0.651. The van der Waals surface area contributed by atoms with E-state index in [9.17, 15) is 4.79 Å². The Kier molecular flexibility index (Phi) is 4.75. The molecule has 0 spiro atoms. The van der Waals surface area contributed by atoms with Crippen molar-refractivity contribution in [1.82, 2.24) is 10.2 Å². The van der Waals surface area contributed by atoms with Crippen LogP contribution >= 0.6 is 27.5 Å². The van der Waals surface area contributed by atoms with E-state index in [1.165, 1.54) is 6.20 Å². The SMILES string of the molecule is COc1ccc(C=NNc2cn[nH]c(=O)c2Cl)cc1Br. The highest BCUT2D eigenvalue weighted by atomic mass is 79.9. The zero-order chi connectivity index (χ0) is 14.5. The Morgan fingerprint density at radius 1 is 1.55 bits per heavy atom. The van der Waals surface area contributed by atoms with Crippen LogP contribution in [0.3, 0.4) is 0 Å². The number of hydrogen-bond donors (Lipinski definition) is 2. The third-order valence-corrected chi connectivity index (χ3v) is 3.36. The summed E-state index contributed by atoms with van der Waals surface area (Å²) >= 11 is 9.18. The standard InChI is InChI=1S/C12H10BrClN4O2/c1-20-10-3-2-7(4-8(10)13)5-15-17-9-6-16-18-12(19)11(9)14/h2-6H,1H3,(H2,17,18,19). The second-order valence-electron chi connectivity index (χ2n) is 3.69. The molecule has 6 nitrogen and oxygen atoms in total. The number of nitrogens with zero attached hydrogens (tertiary/aromatic N) is 2. The third kappa shape index (κ3) is 3.37. The maximum Gasteiger partial charge on any atom is 0.285 e. The van der Waals surface area contributed by atoms with E-state index >= 15 is 0 Å². The van der Waals surface area contributed by atoms with Crippen LogP contribution in [0.25, 0.3) is 0 Å². The van der Waals surface area contributed by atoms with Crippen LogP contribution in [-0.2, 0) is 0 Å². The van der Waals surface area contributed by atoms with Gasteiger partial charge in [-0.2, -0.15) is 10.2 Å². The summed E-state index contributed by atoms with van der Waals surface area (Å²) in [5, 5.41) is 9.85. The summed E-state index contributed by atoms with van der Waals surface area (Å²) in [7, 11) is 1.59. The average molecular weight is 358 g/mol. The average Bonchev–Trinajstić information content (AvgIpc) is 2.44. The molecule has 1 aromatic heterocycles. The Labute approximate surface area is 127 Å². The molecule has 0 radical (unpaired) electrons. The number of nitrogens with one attached hydrogen (secondary N) is 2. The fraction of sp³-hybridized carbons (Fsp3) is 0.0833. The van der Waals surface area contributed by atoms with Crippen LogP contribution in [0, 0.1) is 0 Å². The monoisotopic (exact) mass is 356 g/mol. The van der Waals surface area contributed by atoms with Gasteiger partial charge in [-0.3, -0.25) is 10.2 Å². The number of aromatic amines is 1. The maximum absolute atomic E-state index is 11.2. The minimum Gasteiger partial charge on any atom is -0.496 e. The molecule has 0 saturated carbocycles. The van der Waals surface area contributed by atoms with Crippen molar-refractivity contribution in [3.05, 3.63) is 49.8 Å². The number of aromatic nitrogens is 2. The fourth-order valence-corrected chi connectivity index (χ4v) is 2.09. The van der Waals surface area contributed by atoms with Crippen molar-refractivity contribution >= 4 is 39.4 Å². The number of benzene rings is 1. The first-order chi connectivity index (χ1) is 9.61. The minimum absolute atomic E-state index is 0.00746. The molecule has 104 valence electrons. The van der Waals surface area contributed by atoms with Gasteiger partial charge in [0.05, 0.1) is 24.0 Å². The van der Waals surface area contributed by atoms with Crippen LogP contribution in [-0.4, -0.2) is 23.5 Å². The molecule has 0 unspecified atom stereocenters. The second kappa shape index (κ2) is 6.53. The molecule has 2 rings (SSSR count). The van der Waals surface area contributed by atoms with Gasteiger partial charge in [0.2, 0.25) is 0 Å². The molecule has 0 fully saturated rings. The Balaban J connectivity index is 2.12. The third-order valence-electron chi connectivity index (χ3n) is 2.37. The number of ether oxygens (including phenoxy) is 1. The van der Waals surface area contributed by atoms with E-state index in [0.717, 1.165) is 15.8 Å². The zero-order valence-electron chi connectivity index (χ0n) is 10.4. The number of rotatable bonds is 4. The van der Waals surface area contributed by atoms with E-state index in [0.29, 0.717) is 5.69 Å². The van der Waals surface area contributed by atoms with Crippen molar-refractivity contribution in [2.45, 2.75) is 0 Å². The number of H-pyrrole nitrogens is 1. The summed E-state index contributed by atoms with van der Waals surface area (Å²) in [6.45, 7) is 0. The highest BCUT2D eigenvalue weighted by molar-refractivity contribution is 9.10. The van der Waals surface area contributed by atoms with Crippen LogP contribution in [0.4, 0.5) is 5.69 Å². The maximum atomic E-state index is 11.2. The highest BCUT2D eigenvalue weighted by Crippen LogP contribution is 2.24. The first kappa shape index (κ1) is 14.5. The molecule has 0 saturated heterocycles. The van der Waals surface area contributed by atoms with Crippen LogP contribution in [0.1, 0.15) is 5.56 Å². The van der Waals surface area contributed by atoms with Crippen LogP contribution in [0.5, 0.6) is 5.75 Å². The van der Waals surface area contributed by atoms with Crippen molar-refractivity contribution in [3.8, 4) is 5.75 Å². The van der Waals surface area contributed by atoms with Crippen molar-refractivity contribution in [2.24, 2.45) is 5.10 Å². The Hall–Kier alpha value is -1.86. The van der Waals surface area contributed by atoms with Gasteiger partial charge >= 0.3 is 0 Å². The fourth-order valence-electron chi connectivity index (χ4n) is 1.40. The van der Waals surface area contributed by atoms with Crippen molar-refractivity contribution in [1.29, 1.82) is 0 Å². The predicted molar refractivity (Wildman–Crippen MR) is 81.8 cm³/mol. The van der Waals surface area contributed by atoms with Gasteiger partial charge in [-0.05, 0) is 39.7 Å². The van der Waals surface area contributed by atoms with E-state index in [-0.39, 0.29) is 5.02 Å². The summed E-state index contributed by atoms with van der Waals surface area (Å²) < 4.78 is 5.95. The molecule has 8 heteroatoms. The van der Waals surface area contributed by atoms with Crippen molar-refractivity contribution in [3.63, 3.8) is 0 Å². The van der Waals surface area contributed by atoms with E-state index in [1.54, 1.807) is 13.3 Å². The van der Waals surface area contributed by atoms with E-state index in [2.05, 4.69) is 36.7 Å². The Morgan fingerprint density at radius 2 is 2.35 bits per heavy atom. The molecule has 1 heterocycles. The number of anilines is 1. The highest BCUT2D eigenvalue weighted by Gasteiger charge is 2.03. The lowest BCUT2D eigenvalue weighted by atomic mass is 10.2. The lowest BCUT2D eigenvalue weighted by Crippen LogP contribution is -2.10. The van der Waals surface area contributed by atoms with Gasteiger partial charge in [0.25, 0.3) is 5.56 Å². The van der Waals surface area contributed by atoms with Crippen molar-refractivity contribution < 1.29 is 4.74 Å². The molecule has 0 aliphatic heterocycles. The molecule has 0 amide bonds. The number of hydrazone groups is 1. The molecule has 2 aromatic rings. The van der Waals surface area contributed by atoms with Crippen LogP contribution in [0.2, 0.25) is 5.02 Å². The van der Waals surface area contributed by atoms with E-state index < -0.39 is 5.56 Å². The van der Waals surface area contributed by atoms with Gasteiger partial charge in [-0.1, -0.05) is 11.6 Å². The van der Waals surface area contributed by atoms with Crippen LogP contribution in [0.15, 0.2) is 38.8 Å². The van der Waals surface area contributed by atoms with Gasteiger partial charge in [0, 0.05) is 0 Å². The minimum atomic E-state index is -0.473. The number of methoxy groups -OCH3 is 1. The molecule has 0 aliphatic carbocycles. The molecule has 0 atom stereocenters. The Bertz CT molecular complexity index is 702. The normalized spacial score (nSPS) is 10.8. The lowest BCUT2D eigenvalue weighted by molar-refractivity contribution is 0.412. The summed E-state index contributed by atoms with van der Waals surface area (Å²) in [6, 6.07) is 5.50. The van der Waals surface area contributed by atoms with Crippen molar-refractivity contribution in [2.75, 3.05) is 12.5 Å². The number of hydrogen-bond acceptors (Lipinski definition) is 5.